The molecule has 0 unspecified atom stereocenters. The van der Waals surface area contributed by atoms with E-state index >= 15 is 0 Å². The fourth-order valence-corrected chi connectivity index (χ4v) is 3.06. The van der Waals surface area contributed by atoms with Crippen LogP contribution in [0.4, 0.5) is 0 Å². The quantitative estimate of drug-likeness (QED) is 0.360. The number of tetrazole rings is 1. The van der Waals surface area contributed by atoms with Gasteiger partial charge in [-0.2, -0.15) is 4.80 Å². The number of aromatic nitrogens is 4. The molecule has 0 aliphatic carbocycles. The van der Waals surface area contributed by atoms with Crippen molar-refractivity contribution in [3.63, 3.8) is 0 Å². The third-order valence-corrected chi connectivity index (χ3v) is 4.72. The number of hydrogen-bond acceptors (Lipinski definition) is 7. The minimum Gasteiger partial charge on any atom is -0.459 e. The number of fused-ring (bicyclic) bond motifs is 1. The topological polar surface area (TPSA) is 100 Å². The number of hydrogen-bond donors (Lipinski definition) is 0. The van der Waals surface area contributed by atoms with Gasteiger partial charge in [-0.15, -0.1) is 10.2 Å². The summed E-state index contributed by atoms with van der Waals surface area (Å²) in [6.45, 7) is 3.78. The summed E-state index contributed by atoms with van der Waals surface area (Å²) >= 11 is 0. The number of benzene rings is 2. The van der Waals surface area contributed by atoms with Crippen molar-refractivity contribution < 1.29 is 13.9 Å². The molecule has 2 aromatic carbocycles. The van der Waals surface area contributed by atoms with Gasteiger partial charge in [-0.25, -0.2) is 9.59 Å². The Kier molecular flexibility index (Phi) is 5.38. The number of ether oxygens (including phenoxy) is 1. The Balaban J connectivity index is 1.44. The highest BCUT2D eigenvalue weighted by atomic mass is 16.5. The minimum atomic E-state index is -0.533. The van der Waals surface area contributed by atoms with Gasteiger partial charge in [0, 0.05) is 22.6 Å². The molecule has 0 fully saturated rings. The van der Waals surface area contributed by atoms with Gasteiger partial charge in [-0.1, -0.05) is 48.9 Å². The van der Waals surface area contributed by atoms with Crippen LogP contribution in [0.25, 0.3) is 22.4 Å². The molecule has 0 radical (unpaired) electrons. The van der Waals surface area contributed by atoms with E-state index in [1.165, 1.54) is 10.9 Å². The lowest BCUT2D eigenvalue weighted by atomic mass is 10.1. The maximum Gasteiger partial charge on any atom is 0.336 e. The van der Waals surface area contributed by atoms with E-state index in [9.17, 15) is 9.59 Å². The molecular weight excluding hydrogens is 384 g/mol. The molecule has 0 bridgehead atoms. The summed E-state index contributed by atoms with van der Waals surface area (Å²) in [5, 5.41) is 12.8. The van der Waals surface area contributed by atoms with Crippen molar-refractivity contribution in [3.05, 3.63) is 75.6 Å². The molecule has 0 N–H and O–H groups in total. The SMILES string of the molecule is CCc1ccc2c(COC(=O)Cn3nnc(-c4ccc(C)cc4)n3)cc(=O)oc2c1. The maximum absolute atomic E-state index is 12.2. The van der Waals surface area contributed by atoms with E-state index < -0.39 is 11.6 Å². The Morgan fingerprint density at radius 3 is 2.70 bits per heavy atom. The van der Waals surface area contributed by atoms with E-state index in [0.29, 0.717) is 17.0 Å². The monoisotopic (exact) mass is 404 g/mol. The van der Waals surface area contributed by atoms with Crippen LogP contribution in [0.1, 0.15) is 23.6 Å². The summed E-state index contributed by atoms with van der Waals surface area (Å²) < 4.78 is 10.6. The van der Waals surface area contributed by atoms with Crippen LogP contribution in [0, 0.1) is 6.92 Å². The van der Waals surface area contributed by atoms with Crippen LogP contribution in [0.2, 0.25) is 0 Å². The van der Waals surface area contributed by atoms with E-state index in [0.717, 1.165) is 28.5 Å². The largest absolute Gasteiger partial charge is 0.459 e. The highest BCUT2D eigenvalue weighted by molar-refractivity contribution is 5.81. The van der Waals surface area contributed by atoms with Crippen molar-refractivity contribution in [2.45, 2.75) is 33.4 Å². The molecule has 4 rings (SSSR count). The van der Waals surface area contributed by atoms with Crippen LogP contribution in [0.15, 0.2) is 57.7 Å². The van der Waals surface area contributed by atoms with Crippen LogP contribution >= 0.6 is 0 Å². The first-order chi connectivity index (χ1) is 14.5. The molecular formula is C22H20N4O4. The normalized spacial score (nSPS) is 11.0. The van der Waals surface area contributed by atoms with Gasteiger partial charge in [-0.3, -0.25) is 0 Å². The van der Waals surface area contributed by atoms with Gasteiger partial charge >= 0.3 is 11.6 Å². The molecule has 8 nitrogen and oxygen atoms in total. The van der Waals surface area contributed by atoms with Gasteiger partial charge < -0.3 is 9.15 Å². The Morgan fingerprint density at radius 2 is 1.93 bits per heavy atom. The molecule has 2 heterocycles. The number of esters is 1. The summed E-state index contributed by atoms with van der Waals surface area (Å²) in [6.07, 6.45) is 0.828. The van der Waals surface area contributed by atoms with E-state index in [1.807, 2.05) is 56.3 Å². The Morgan fingerprint density at radius 1 is 1.13 bits per heavy atom. The van der Waals surface area contributed by atoms with Crippen molar-refractivity contribution >= 4 is 16.9 Å². The van der Waals surface area contributed by atoms with Gasteiger partial charge in [0.05, 0.1) is 0 Å². The minimum absolute atomic E-state index is 0.0497. The molecule has 0 saturated carbocycles. The second kappa shape index (κ2) is 8.28. The number of nitrogens with zero attached hydrogens (tertiary/aromatic N) is 4. The zero-order chi connectivity index (χ0) is 21.1. The van der Waals surface area contributed by atoms with Crippen LogP contribution in [0.5, 0.6) is 0 Å². The Hall–Kier alpha value is -3.81. The number of carbonyl (C=O) groups excluding carboxylic acids is 1. The third kappa shape index (κ3) is 4.27. The molecule has 152 valence electrons. The van der Waals surface area contributed by atoms with Crippen LogP contribution in [0.3, 0.4) is 0 Å². The fourth-order valence-electron chi connectivity index (χ4n) is 3.06. The first-order valence-electron chi connectivity index (χ1n) is 9.58. The van der Waals surface area contributed by atoms with Gasteiger partial charge in [0.2, 0.25) is 5.82 Å². The van der Waals surface area contributed by atoms with Crippen molar-refractivity contribution in [3.8, 4) is 11.4 Å². The summed E-state index contributed by atoms with van der Waals surface area (Å²) in [6, 6.07) is 14.7. The zero-order valence-electron chi connectivity index (χ0n) is 16.7. The average Bonchev–Trinajstić information content (AvgIpc) is 3.20. The number of aryl methyl sites for hydroxylation is 2. The summed E-state index contributed by atoms with van der Waals surface area (Å²) in [7, 11) is 0. The molecule has 0 atom stereocenters. The van der Waals surface area contributed by atoms with Crippen molar-refractivity contribution in [2.75, 3.05) is 0 Å². The van der Waals surface area contributed by atoms with E-state index in [-0.39, 0.29) is 13.2 Å². The van der Waals surface area contributed by atoms with Crippen LogP contribution in [-0.2, 0) is 29.1 Å². The Bertz CT molecular complexity index is 1260. The third-order valence-electron chi connectivity index (χ3n) is 4.72. The molecule has 0 spiro atoms. The highest BCUT2D eigenvalue weighted by Gasteiger charge is 2.12. The first kappa shape index (κ1) is 19.5. The van der Waals surface area contributed by atoms with E-state index in [4.69, 9.17) is 9.15 Å². The second-order valence-corrected chi connectivity index (χ2v) is 6.94. The standard InChI is InChI=1S/C22H20N4O4/c1-3-15-6-9-18-17(11-20(27)30-19(18)10-15)13-29-21(28)12-26-24-22(23-25-26)16-7-4-14(2)5-8-16/h4-11H,3,12-13H2,1-2H3. The van der Waals surface area contributed by atoms with E-state index in [2.05, 4.69) is 15.4 Å². The van der Waals surface area contributed by atoms with Gasteiger partial charge in [0.15, 0.2) is 6.54 Å². The summed E-state index contributed by atoms with van der Waals surface area (Å²) in [5.74, 6) is -0.101. The number of rotatable bonds is 6. The maximum atomic E-state index is 12.2. The lowest BCUT2D eigenvalue weighted by Gasteiger charge is -2.08. The van der Waals surface area contributed by atoms with Gasteiger partial charge in [0.1, 0.15) is 12.2 Å². The lowest BCUT2D eigenvalue weighted by Crippen LogP contribution is -2.16. The molecule has 0 amide bonds. The molecule has 0 saturated heterocycles. The molecule has 0 aliphatic rings. The molecule has 4 aromatic rings. The predicted octanol–water partition coefficient (Wildman–Crippen LogP) is 3.06. The summed E-state index contributed by atoms with van der Waals surface area (Å²) in [5.41, 5.74) is 3.58. The lowest BCUT2D eigenvalue weighted by molar-refractivity contribution is -0.146. The highest BCUT2D eigenvalue weighted by Crippen LogP contribution is 2.20. The average molecular weight is 404 g/mol. The number of carbonyl (C=O) groups is 1. The smallest absolute Gasteiger partial charge is 0.336 e. The molecule has 8 heteroatoms. The van der Waals surface area contributed by atoms with Gasteiger partial charge in [0.25, 0.3) is 0 Å². The molecule has 0 aliphatic heterocycles. The van der Waals surface area contributed by atoms with Crippen molar-refractivity contribution in [2.24, 2.45) is 0 Å². The molecule has 30 heavy (non-hydrogen) atoms. The second-order valence-electron chi connectivity index (χ2n) is 6.94. The van der Waals surface area contributed by atoms with Gasteiger partial charge in [-0.05, 0) is 30.2 Å². The first-order valence-corrected chi connectivity index (χ1v) is 9.58. The van der Waals surface area contributed by atoms with Crippen molar-refractivity contribution in [1.82, 2.24) is 20.2 Å². The zero-order valence-corrected chi connectivity index (χ0v) is 16.7. The van der Waals surface area contributed by atoms with E-state index in [1.54, 1.807) is 0 Å². The fraction of sp³-hybridized carbons (Fsp3) is 0.227. The predicted molar refractivity (Wildman–Crippen MR) is 110 cm³/mol. The molecule has 2 aromatic heterocycles. The summed E-state index contributed by atoms with van der Waals surface area (Å²) in [4.78, 5) is 25.3. The van der Waals surface area contributed by atoms with Crippen LogP contribution in [-0.4, -0.2) is 26.2 Å². The Labute approximate surface area is 172 Å². The van der Waals surface area contributed by atoms with Crippen molar-refractivity contribution in [1.29, 1.82) is 0 Å². The van der Waals surface area contributed by atoms with Crippen LogP contribution < -0.4 is 5.63 Å².